The molecule has 0 bridgehead atoms. The van der Waals surface area contributed by atoms with Gasteiger partial charge < -0.3 is 16.0 Å². The van der Waals surface area contributed by atoms with E-state index in [9.17, 15) is 4.79 Å². The maximum atomic E-state index is 13.1. The number of anilines is 2. The first kappa shape index (κ1) is 17.3. The quantitative estimate of drug-likeness (QED) is 0.820. The monoisotopic (exact) mass is 337 g/mol. The number of aryl methyl sites for hydroxylation is 1. The number of hydrogen-bond donors (Lipinski definition) is 2. The molecule has 4 nitrogen and oxygen atoms in total. The van der Waals surface area contributed by atoms with Gasteiger partial charge in [0.25, 0.3) is 0 Å². The van der Waals surface area contributed by atoms with Crippen molar-refractivity contribution in [3.8, 4) is 0 Å². The summed E-state index contributed by atoms with van der Waals surface area (Å²) >= 11 is 0. The van der Waals surface area contributed by atoms with Crippen LogP contribution in [0.1, 0.15) is 30.4 Å². The molecular formula is C21H27N3O. The Bertz CT molecular complexity index is 705. The van der Waals surface area contributed by atoms with E-state index in [-0.39, 0.29) is 11.9 Å². The van der Waals surface area contributed by atoms with Gasteiger partial charge in [-0.2, -0.15) is 0 Å². The largest absolute Gasteiger partial charge is 0.397 e. The lowest BCUT2D eigenvalue weighted by Crippen LogP contribution is -2.46. The van der Waals surface area contributed by atoms with Gasteiger partial charge in [-0.05, 0) is 43.9 Å². The van der Waals surface area contributed by atoms with E-state index in [2.05, 4.69) is 36.5 Å². The number of carbonyl (C=O) groups excluding carboxylic acids is 1. The van der Waals surface area contributed by atoms with Crippen molar-refractivity contribution in [2.45, 2.75) is 38.6 Å². The topological polar surface area (TPSA) is 58.4 Å². The first-order valence-electron chi connectivity index (χ1n) is 9.09. The van der Waals surface area contributed by atoms with Crippen molar-refractivity contribution in [3.05, 3.63) is 59.7 Å². The molecule has 0 saturated carbocycles. The third kappa shape index (κ3) is 4.53. The molecule has 1 fully saturated rings. The van der Waals surface area contributed by atoms with Gasteiger partial charge in [-0.1, -0.05) is 42.0 Å². The minimum Gasteiger partial charge on any atom is -0.397 e. The maximum absolute atomic E-state index is 13.1. The highest BCUT2D eigenvalue weighted by molar-refractivity contribution is 5.86. The van der Waals surface area contributed by atoms with Crippen LogP contribution in [0.3, 0.4) is 0 Å². The Morgan fingerprint density at radius 3 is 2.44 bits per heavy atom. The van der Waals surface area contributed by atoms with Crippen molar-refractivity contribution < 1.29 is 4.79 Å². The predicted octanol–water partition coefficient (Wildman–Crippen LogP) is 3.61. The summed E-state index contributed by atoms with van der Waals surface area (Å²) in [6.07, 6.45) is 4.06. The normalized spacial score (nSPS) is 15.6. The highest BCUT2D eigenvalue weighted by atomic mass is 16.2. The highest BCUT2D eigenvalue weighted by Gasteiger charge is 2.26. The van der Waals surface area contributed by atoms with Gasteiger partial charge in [-0.15, -0.1) is 0 Å². The second-order valence-electron chi connectivity index (χ2n) is 6.86. The number of benzene rings is 2. The average molecular weight is 337 g/mol. The molecule has 1 atom stereocenters. The number of nitrogens with zero attached hydrogens (tertiary/aromatic N) is 1. The number of piperidine rings is 1. The van der Waals surface area contributed by atoms with E-state index in [1.807, 2.05) is 29.2 Å². The first-order chi connectivity index (χ1) is 12.1. The lowest BCUT2D eigenvalue weighted by molar-refractivity contribution is -0.132. The smallest absolute Gasteiger partial charge is 0.245 e. The van der Waals surface area contributed by atoms with Crippen LogP contribution in [0.5, 0.6) is 0 Å². The minimum atomic E-state index is -0.300. The summed E-state index contributed by atoms with van der Waals surface area (Å²) in [6.45, 7) is 3.79. The molecule has 0 aromatic heterocycles. The van der Waals surface area contributed by atoms with E-state index in [1.165, 1.54) is 12.0 Å². The molecule has 1 aliphatic rings. The maximum Gasteiger partial charge on any atom is 0.245 e. The van der Waals surface area contributed by atoms with Crippen molar-refractivity contribution in [1.82, 2.24) is 4.90 Å². The van der Waals surface area contributed by atoms with Crippen molar-refractivity contribution in [3.63, 3.8) is 0 Å². The number of nitrogen functional groups attached to an aromatic ring is 1. The fraction of sp³-hybridized carbons (Fsp3) is 0.381. The number of hydrogen-bond acceptors (Lipinski definition) is 3. The molecule has 2 aromatic rings. The Balaban J connectivity index is 1.80. The van der Waals surface area contributed by atoms with Crippen LogP contribution >= 0.6 is 0 Å². The van der Waals surface area contributed by atoms with Crippen LogP contribution < -0.4 is 11.1 Å². The molecule has 25 heavy (non-hydrogen) atoms. The van der Waals surface area contributed by atoms with Gasteiger partial charge in [-0.25, -0.2) is 0 Å². The van der Waals surface area contributed by atoms with Crippen molar-refractivity contribution in [2.75, 3.05) is 24.1 Å². The molecule has 0 spiro atoms. The third-order valence-corrected chi connectivity index (χ3v) is 4.82. The second-order valence-corrected chi connectivity index (χ2v) is 6.86. The van der Waals surface area contributed by atoms with Crippen LogP contribution in [0.4, 0.5) is 11.4 Å². The summed E-state index contributed by atoms with van der Waals surface area (Å²) in [5.41, 5.74) is 9.95. The zero-order valence-electron chi connectivity index (χ0n) is 14.9. The van der Waals surface area contributed by atoms with E-state index in [0.717, 1.165) is 37.2 Å². The molecule has 1 heterocycles. The second kappa shape index (κ2) is 8.06. The van der Waals surface area contributed by atoms with E-state index in [4.69, 9.17) is 5.73 Å². The molecule has 0 radical (unpaired) electrons. The van der Waals surface area contributed by atoms with Gasteiger partial charge in [-0.3, -0.25) is 4.79 Å². The molecule has 0 aliphatic carbocycles. The zero-order chi connectivity index (χ0) is 17.6. The van der Waals surface area contributed by atoms with Crippen LogP contribution in [0.25, 0.3) is 0 Å². The van der Waals surface area contributed by atoms with Crippen LogP contribution in [0.2, 0.25) is 0 Å². The fourth-order valence-electron chi connectivity index (χ4n) is 3.31. The SMILES string of the molecule is Cc1ccc(CC(Nc2ccccc2N)C(=O)N2CCCCC2)cc1. The molecule has 1 aliphatic heterocycles. The average Bonchev–Trinajstić information content (AvgIpc) is 2.65. The summed E-state index contributed by atoms with van der Waals surface area (Å²) in [7, 11) is 0. The number of rotatable bonds is 5. The number of carbonyl (C=O) groups is 1. The lowest BCUT2D eigenvalue weighted by Gasteiger charge is -2.31. The Morgan fingerprint density at radius 1 is 1.08 bits per heavy atom. The van der Waals surface area contributed by atoms with Crippen LogP contribution in [-0.4, -0.2) is 29.9 Å². The number of amides is 1. The van der Waals surface area contributed by atoms with Gasteiger partial charge in [0.05, 0.1) is 11.4 Å². The Hall–Kier alpha value is -2.49. The van der Waals surface area contributed by atoms with E-state index in [1.54, 1.807) is 0 Å². The fourth-order valence-corrected chi connectivity index (χ4v) is 3.31. The van der Waals surface area contributed by atoms with Crippen LogP contribution in [0, 0.1) is 6.92 Å². The molecule has 1 amide bonds. The number of para-hydroxylation sites is 2. The molecule has 1 unspecified atom stereocenters. The molecule has 4 heteroatoms. The molecule has 132 valence electrons. The summed E-state index contributed by atoms with van der Waals surface area (Å²) < 4.78 is 0. The molecule has 1 saturated heterocycles. The van der Waals surface area contributed by atoms with Crippen molar-refractivity contribution >= 4 is 17.3 Å². The Kier molecular flexibility index (Phi) is 5.59. The van der Waals surface area contributed by atoms with Gasteiger partial charge in [0.15, 0.2) is 0 Å². The van der Waals surface area contributed by atoms with Crippen molar-refractivity contribution in [2.24, 2.45) is 0 Å². The number of likely N-dealkylation sites (tertiary alicyclic amines) is 1. The van der Waals surface area contributed by atoms with Gasteiger partial charge in [0.1, 0.15) is 6.04 Å². The number of nitrogens with two attached hydrogens (primary N) is 1. The third-order valence-electron chi connectivity index (χ3n) is 4.82. The molecule has 3 rings (SSSR count). The van der Waals surface area contributed by atoms with Crippen LogP contribution in [-0.2, 0) is 11.2 Å². The zero-order valence-corrected chi connectivity index (χ0v) is 14.9. The Morgan fingerprint density at radius 2 is 1.76 bits per heavy atom. The molecular weight excluding hydrogens is 310 g/mol. The highest BCUT2D eigenvalue weighted by Crippen LogP contribution is 2.21. The summed E-state index contributed by atoms with van der Waals surface area (Å²) in [5, 5.41) is 3.39. The van der Waals surface area contributed by atoms with Crippen molar-refractivity contribution in [1.29, 1.82) is 0 Å². The van der Waals surface area contributed by atoms with Gasteiger partial charge in [0, 0.05) is 19.5 Å². The standard InChI is InChI=1S/C21H27N3O/c1-16-9-11-17(12-10-16)15-20(21(25)24-13-5-2-6-14-24)23-19-8-4-3-7-18(19)22/h3-4,7-12,20,23H,2,5-6,13-15,22H2,1H3. The van der Waals surface area contributed by atoms with E-state index >= 15 is 0 Å². The van der Waals surface area contributed by atoms with Gasteiger partial charge in [0.2, 0.25) is 5.91 Å². The first-order valence-corrected chi connectivity index (χ1v) is 9.09. The van der Waals surface area contributed by atoms with E-state index < -0.39 is 0 Å². The summed E-state index contributed by atoms with van der Waals surface area (Å²) in [5.74, 6) is 0.170. The van der Waals surface area contributed by atoms with E-state index in [0.29, 0.717) is 12.1 Å². The Labute approximate surface area is 150 Å². The van der Waals surface area contributed by atoms with Crippen LogP contribution in [0.15, 0.2) is 48.5 Å². The predicted molar refractivity (Wildman–Crippen MR) is 104 cm³/mol. The molecule has 2 aromatic carbocycles. The summed E-state index contributed by atoms with van der Waals surface area (Å²) in [4.78, 5) is 15.1. The van der Waals surface area contributed by atoms with Gasteiger partial charge >= 0.3 is 0 Å². The molecule has 3 N–H and O–H groups in total. The summed E-state index contributed by atoms with van der Waals surface area (Å²) in [6, 6.07) is 15.7. The minimum absolute atomic E-state index is 0.170. The number of nitrogens with one attached hydrogen (secondary N) is 1. The lowest BCUT2D eigenvalue weighted by atomic mass is 10.0.